The molecule has 26 heavy (non-hydrogen) atoms. The van der Waals surface area contributed by atoms with Crippen LogP contribution < -0.4 is 20.4 Å². The molecule has 2 aromatic carbocycles. The fraction of sp³-hybridized carbons (Fsp3) is 0.316. The maximum atomic E-state index is 12.3. The molecule has 136 valence electrons. The number of methoxy groups -OCH3 is 1. The summed E-state index contributed by atoms with van der Waals surface area (Å²) in [6.07, 6.45) is 1.02. The molecular formula is C19H23BN2O4. The van der Waals surface area contributed by atoms with Crippen LogP contribution in [0, 0.1) is 5.92 Å². The van der Waals surface area contributed by atoms with Crippen molar-refractivity contribution in [3.63, 3.8) is 0 Å². The Balaban J connectivity index is 1.51. The highest BCUT2D eigenvalue weighted by Gasteiger charge is 2.23. The molecule has 0 bridgehead atoms. The van der Waals surface area contributed by atoms with Crippen molar-refractivity contribution in [3.05, 3.63) is 54.1 Å². The van der Waals surface area contributed by atoms with E-state index in [1.54, 1.807) is 31.4 Å². The summed E-state index contributed by atoms with van der Waals surface area (Å²) < 4.78 is 5.28. The van der Waals surface area contributed by atoms with Crippen molar-refractivity contribution in [2.75, 3.05) is 31.6 Å². The Kier molecular flexibility index (Phi) is 5.80. The van der Waals surface area contributed by atoms with Crippen LogP contribution in [0.4, 0.5) is 5.69 Å². The summed E-state index contributed by atoms with van der Waals surface area (Å²) in [5, 5.41) is 21.2. The lowest BCUT2D eigenvalue weighted by molar-refractivity contribution is 0.0948. The quantitative estimate of drug-likeness (QED) is 0.663. The van der Waals surface area contributed by atoms with Gasteiger partial charge in [0.15, 0.2) is 0 Å². The molecule has 0 spiro atoms. The van der Waals surface area contributed by atoms with Gasteiger partial charge >= 0.3 is 7.12 Å². The van der Waals surface area contributed by atoms with E-state index in [9.17, 15) is 4.79 Å². The second-order valence-electron chi connectivity index (χ2n) is 6.51. The van der Waals surface area contributed by atoms with Crippen molar-refractivity contribution in [3.8, 4) is 5.75 Å². The Labute approximate surface area is 153 Å². The smallest absolute Gasteiger partial charge is 0.488 e. The topological polar surface area (TPSA) is 82.0 Å². The van der Waals surface area contributed by atoms with Crippen LogP contribution in [0.5, 0.6) is 5.75 Å². The van der Waals surface area contributed by atoms with Gasteiger partial charge in [-0.2, -0.15) is 0 Å². The number of carbonyl (C=O) groups is 1. The molecular weight excluding hydrogens is 331 g/mol. The minimum Gasteiger partial charge on any atom is -0.497 e. The Morgan fingerprint density at radius 2 is 2.04 bits per heavy atom. The van der Waals surface area contributed by atoms with Crippen LogP contribution in [-0.4, -0.2) is 49.8 Å². The number of nitrogens with zero attached hydrogens (tertiary/aromatic N) is 1. The molecule has 1 fully saturated rings. The number of anilines is 1. The summed E-state index contributed by atoms with van der Waals surface area (Å²) in [4.78, 5) is 14.6. The van der Waals surface area contributed by atoms with Crippen LogP contribution >= 0.6 is 0 Å². The molecule has 1 saturated heterocycles. The predicted molar refractivity (Wildman–Crippen MR) is 102 cm³/mol. The minimum absolute atomic E-state index is 0.149. The van der Waals surface area contributed by atoms with Crippen molar-refractivity contribution in [2.45, 2.75) is 6.42 Å². The maximum Gasteiger partial charge on any atom is 0.488 e. The minimum atomic E-state index is -1.52. The molecule has 3 rings (SSSR count). The molecule has 3 N–H and O–H groups in total. The second kappa shape index (κ2) is 8.25. The van der Waals surface area contributed by atoms with E-state index in [2.05, 4.69) is 16.3 Å². The lowest BCUT2D eigenvalue weighted by Crippen LogP contribution is -2.32. The molecule has 0 radical (unpaired) electrons. The zero-order valence-corrected chi connectivity index (χ0v) is 14.8. The van der Waals surface area contributed by atoms with E-state index in [1.807, 2.05) is 18.2 Å². The molecule has 1 aliphatic rings. The predicted octanol–water partition coefficient (Wildman–Crippen LogP) is 0.631. The second-order valence-corrected chi connectivity index (χ2v) is 6.51. The first kappa shape index (κ1) is 18.3. The molecule has 0 aliphatic carbocycles. The van der Waals surface area contributed by atoms with Crippen molar-refractivity contribution in [2.24, 2.45) is 5.92 Å². The molecule has 0 aromatic heterocycles. The molecule has 7 heteroatoms. The summed E-state index contributed by atoms with van der Waals surface area (Å²) in [5.74, 6) is 1.09. The van der Waals surface area contributed by atoms with E-state index in [0.29, 0.717) is 23.5 Å². The fourth-order valence-corrected chi connectivity index (χ4v) is 3.19. The summed E-state index contributed by atoms with van der Waals surface area (Å²) in [5.41, 5.74) is 2.01. The molecule has 1 heterocycles. The first-order chi connectivity index (χ1) is 12.6. The summed E-state index contributed by atoms with van der Waals surface area (Å²) >= 11 is 0. The van der Waals surface area contributed by atoms with E-state index >= 15 is 0 Å². The number of benzene rings is 2. The number of amides is 1. The lowest BCUT2D eigenvalue weighted by atomic mass is 9.80. The number of hydrogen-bond donors (Lipinski definition) is 3. The Hall–Kier alpha value is -2.51. The van der Waals surface area contributed by atoms with Crippen molar-refractivity contribution in [1.29, 1.82) is 0 Å². The molecule has 1 atom stereocenters. The largest absolute Gasteiger partial charge is 0.497 e. The third-order valence-electron chi connectivity index (χ3n) is 4.73. The molecule has 1 unspecified atom stereocenters. The van der Waals surface area contributed by atoms with Crippen LogP contribution in [0.2, 0.25) is 0 Å². The molecule has 0 saturated carbocycles. The van der Waals surface area contributed by atoms with Gasteiger partial charge < -0.3 is 25.0 Å². The van der Waals surface area contributed by atoms with Gasteiger partial charge in [0.2, 0.25) is 0 Å². The van der Waals surface area contributed by atoms with Crippen molar-refractivity contribution in [1.82, 2.24) is 5.32 Å². The SMILES string of the molecule is COc1cccc(N2CCC(CNC(=O)c3ccc(B(O)O)cc3)C2)c1. The van der Waals surface area contributed by atoms with Gasteiger partial charge in [-0.3, -0.25) is 4.79 Å². The first-order valence-electron chi connectivity index (χ1n) is 8.70. The molecule has 6 nitrogen and oxygen atoms in total. The van der Waals surface area contributed by atoms with E-state index < -0.39 is 7.12 Å². The van der Waals surface area contributed by atoms with Gasteiger partial charge in [-0.15, -0.1) is 0 Å². The van der Waals surface area contributed by atoms with Crippen LogP contribution in [0.1, 0.15) is 16.8 Å². The van der Waals surface area contributed by atoms with Gasteiger partial charge in [-0.05, 0) is 42.1 Å². The summed E-state index contributed by atoms with van der Waals surface area (Å²) in [6, 6.07) is 14.3. The normalized spacial score (nSPS) is 16.4. The lowest BCUT2D eigenvalue weighted by Gasteiger charge is -2.19. The van der Waals surface area contributed by atoms with Gasteiger partial charge in [-0.25, -0.2) is 0 Å². The third-order valence-corrected chi connectivity index (χ3v) is 4.73. The van der Waals surface area contributed by atoms with Gasteiger partial charge in [-0.1, -0.05) is 18.2 Å². The highest BCUT2D eigenvalue weighted by molar-refractivity contribution is 6.58. The van der Waals surface area contributed by atoms with E-state index in [1.165, 1.54) is 0 Å². The van der Waals surface area contributed by atoms with Crippen molar-refractivity contribution < 1.29 is 19.6 Å². The van der Waals surface area contributed by atoms with Gasteiger partial charge in [0.05, 0.1) is 7.11 Å². The third kappa shape index (κ3) is 4.36. The van der Waals surface area contributed by atoms with Crippen LogP contribution in [0.3, 0.4) is 0 Å². The monoisotopic (exact) mass is 354 g/mol. The highest BCUT2D eigenvalue weighted by atomic mass is 16.5. The highest BCUT2D eigenvalue weighted by Crippen LogP contribution is 2.26. The molecule has 2 aromatic rings. The molecule has 1 amide bonds. The standard InChI is InChI=1S/C19H23BN2O4/c1-26-18-4-2-3-17(11-18)22-10-9-14(13-22)12-21-19(23)15-5-7-16(8-6-15)20(24)25/h2-8,11,14,24-25H,9-10,12-13H2,1H3,(H,21,23). The van der Waals surface area contributed by atoms with Gasteiger partial charge in [0.1, 0.15) is 5.75 Å². The average molecular weight is 354 g/mol. The Morgan fingerprint density at radius 3 is 2.73 bits per heavy atom. The van der Waals surface area contributed by atoms with Crippen LogP contribution in [-0.2, 0) is 0 Å². The van der Waals surface area contributed by atoms with Gasteiger partial charge in [0, 0.05) is 37.0 Å². The summed E-state index contributed by atoms with van der Waals surface area (Å²) in [7, 11) is 0.142. The number of nitrogens with one attached hydrogen (secondary N) is 1. The Bertz CT molecular complexity index is 751. The first-order valence-corrected chi connectivity index (χ1v) is 8.70. The van der Waals surface area contributed by atoms with Crippen LogP contribution in [0.25, 0.3) is 0 Å². The number of ether oxygens (including phenoxy) is 1. The zero-order chi connectivity index (χ0) is 18.5. The number of rotatable bonds is 6. The maximum absolute atomic E-state index is 12.3. The molecule has 1 aliphatic heterocycles. The summed E-state index contributed by atoms with van der Waals surface area (Å²) in [6.45, 7) is 2.46. The van der Waals surface area contributed by atoms with E-state index in [-0.39, 0.29) is 5.91 Å². The number of hydrogen-bond acceptors (Lipinski definition) is 5. The van der Waals surface area contributed by atoms with E-state index in [0.717, 1.165) is 30.9 Å². The Morgan fingerprint density at radius 1 is 1.27 bits per heavy atom. The van der Waals surface area contributed by atoms with Crippen molar-refractivity contribution >= 4 is 24.2 Å². The van der Waals surface area contributed by atoms with E-state index in [4.69, 9.17) is 14.8 Å². The average Bonchev–Trinajstić information content (AvgIpc) is 3.15. The van der Waals surface area contributed by atoms with Gasteiger partial charge in [0.25, 0.3) is 5.91 Å². The fourth-order valence-electron chi connectivity index (χ4n) is 3.19. The zero-order valence-electron chi connectivity index (χ0n) is 14.8. The van der Waals surface area contributed by atoms with Crippen LogP contribution in [0.15, 0.2) is 48.5 Å². The number of carbonyl (C=O) groups excluding carboxylic acids is 1.